The van der Waals surface area contributed by atoms with Crippen molar-refractivity contribution < 1.29 is 19.4 Å². The van der Waals surface area contributed by atoms with E-state index in [1.54, 1.807) is 47.2 Å². The van der Waals surface area contributed by atoms with Crippen molar-refractivity contribution in [3.63, 3.8) is 0 Å². The molecular formula is C15H18N4O4. The summed E-state index contributed by atoms with van der Waals surface area (Å²) in [4.78, 5) is 27.9. The van der Waals surface area contributed by atoms with Crippen LogP contribution in [0.3, 0.4) is 0 Å². The molecule has 2 rings (SSSR count). The van der Waals surface area contributed by atoms with Gasteiger partial charge in [-0.15, -0.1) is 0 Å². The quantitative estimate of drug-likeness (QED) is 0.773. The summed E-state index contributed by atoms with van der Waals surface area (Å²) in [5, 5.41) is 12.5. The first-order valence-electron chi connectivity index (χ1n) is 7.04. The Morgan fingerprint density at radius 1 is 1.30 bits per heavy atom. The van der Waals surface area contributed by atoms with E-state index in [0.29, 0.717) is 25.3 Å². The van der Waals surface area contributed by atoms with E-state index >= 15 is 0 Å². The molecule has 1 heterocycles. The SMILES string of the molecule is CN(Cc1ccc(OCC(=O)O)cc1)C(=O)CCn1cncn1. The van der Waals surface area contributed by atoms with Gasteiger partial charge in [0, 0.05) is 20.0 Å². The number of nitrogens with zero attached hydrogens (tertiary/aromatic N) is 4. The van der Waals surface area contributed by atoms with Crippen molar-refractivity contribution >= 4 is 11.9 Å². The van der Waals surface area contributed by atoms with Gasteiger partial charge in [-0.25, -0.2) is 9.78 Å². The zero-order chi connectivity index (χ0) is 16.7. The van der Waals surface area contributed by atoms with E-state index in [1.165, 1.54) is 6.33 Å². The van der Waals surface area contributed by atoms with E-state index < -0.39 is 5.97 Å². The van der Waals surface area contributed by atoms with E-state index in [0.717, 1.165) is 5.56 Å². The van der Waals surface area contributed by atoms with Crippen LogP contribution in [0.1, 0.15) is 12.0 Å². The Labute approximate surface area is 133 Å². The lowest BCUT2D eigenvalue weighted by Crippen LogP contribution is -2.27. The molecule has 8 nitrogen and oxygen atoms in total. The monoisotopic (exact) mass is 318 g/mol. The van der Waals surface area contributed by atoms with E-state index in [2.05, 4.69) is 10.1 Å². The minimum atomic E-state index is -1.02. The van der Waals surface area contributed by atoms with Crippen LogP contribution < -0.4 is 4.74 Å². The van der Waals surface area contributed by atoms with Crippen LogP contribution in [0.5, 0.6) is 5.75 Å². The average Bonchev–Trinajstić information content (AvgIpc) is 3.05. The number of aryl methyl sites for hydroxylation is 1. The van der Waals surface area contributed by atoms with Gasteiger partial charge in [0.25, 0.3) is 0 Å². The Morgan fingerprint density at radius 2 is 2.04 bits per heavy atom. The zero-order valence-electron chi connectivity index (χ0n) is 12.8. The molecular weight excluding hydrogens is 300 g/mol. The van der Waals surface area contributed by atoms with Gasteiger partial charge in [-0.3, -0.25) is 9.48 Å². The first-order valence-corrected chi connectivity index (χ1v) is 7.04. The second-order valence-corrected chi connectivity index (χ2v) is 4.98. The number of amides is 1. The first-order chi connectivity index (χ1) is 11.0. The van der Waals surface area contributed by atoms with Gasteiger partial charge in [0.05, 0.1) is 6.54 Å². The number of hydrogen-bond acceptors (Lipinski definition) is 5. The van der Waals surface area contributed by atoms with Crippen molar-refractivity contribution in [1.29, 1.82) is 0 Å². The van der Waals surface area contributed by atoms with Crippen LogP contribution in [0.2, 0.25) is 0 Å². The molecule has 0 aliphatic carbocycles. The highest BCUT2D eigenvalue weighted by Crippen LogP contribution is 2.13. The predicted molar refractivity (Wildman–Crippen MR) is 80.7 cm³/mol. The van der Waals surface area contributed by atoms with Gasteiger partial charge in [-0.1, -0.05) is 12.1 Å². The number of aromatic nitrogens is 3. The fraction of sp³-hybridized carbons (Fsp3) is 0.333. The predicted octanol–water partition coefficient (Wildman–Crippen LogP) is 0.790. The molecule has 1 N–H and O–H groups in total. The van der Waals surface area contributed by atoms with Crippen LogP contribution in [-0.4, -0.2) is 50.3 Å². The van der Waals surface area contributed by atoms with Crippen molar-refractivity contribution in [3.05, 3.63) is 42.5 Å². The molecule has 1 aromatic heterocycles. The van der Waals surface area contributed by atoms with Crippen molar-refractivity contribution in [2.24, 2.45) is 0 Å². The van der Waals surface area contributed by atoms with Gasteiger partial charge in [0.2, 0.25) is 5.91 Å². The fourth-order valence-electron chi connectivity index (χ4n) is 1.95. The maximum absolute atomic E-state index is 12.1. The minimum Gasteiger partial charge on any atom is -0.482 e. The molecule has 0 fully saturated rings. The molecule has 1 aromatic carbocycles. The average molecular weight is 318 g/mol. The number of carboxylic acid groups (broad SMARTS) is 1. The maximum atomic E-state index is 12.1. The van der Waals surface area contributed by atoms with Crippen molar-refractivity contribution in [3.8, 4) is 5.75 Å². The fourth-order valence-corrected chi connectivity index (χ4v) is 1.95. The molecule has 0 aliphatic rings. The van der Waals surface area contributed by atoms with Crippen LogP contribution in [0.15, 0.2) is 36.9 Å². The number of carbonyl (C=O) groups excluding carboxylic acids is 1. The summed E-state index contributed by atoms with van der Waals surface area (Å²) < 4.78 is 6.67. The molecule has 0 atom stereocenters. The van der Waals surface area contributed by atoms with E-state index in [4.69, 9.17) is 9.84 Å². The molecule has 0 bridgehead atoms. The topological polar surface area (TPSA) is 97.6 Å². The van der Waals surface area contributed by atoms with Crippen molar-refractivity contribution in [1.82, 2.24) is 19.7 Å². The maximum Gasteiger partial charge on any atom is 0.341 e. The summed E-state index contributed by atoms with van der Waals surface area (Å²) in [6.07, 6.45) is 3.35. The van der Waals surface area contributed by atoms with Gasteiger partial charge >= 0.3 is 5.97 Å². The van der Waals surface area contributed by atoms with E-state index in [-0.39, 0.29) is 12.5 Å². The molecule has 0 saturated heterocycles. The Kier molecular flexibility index (Phi) is 5.67. The molecule has 2 aromatic rings. The van der Waals surface area contributed by atoms with Gasteiger partial charge < -0.3 is 14.7 Å². The lowest BCUT2D eigenvalue weighted by molar-refractivity contribution is -0.139. The second kappa shape index (κ2) is 7.92. The van der Waals surface area contributed by atoms with Crippen LogP contribution in [-0.2, 0) is 22.7 Å². The molecule has 23 heavy (non-hydrogen) atoms. The Balaban J connectivity index is 1.80. The van der Waals surface area contributed by atoms with Crippen LogP contribution in [0, 0.1) is 0 Å². The van der Waals surface area contributed by atoms with Crippen LogP contribution in [0.25, 0.3) is 0 Å². The number of aliphatic carboxylic acids is 1. The third kappa shape index (κ3) is 5.42. The molecule has 0 radical (unpaired) electrons. The number of carboxylic acids is 1. The second-order valence-electron chi connectivity index (χ2n) is 4.98. The van der Waals surface area contributed by atoms with Crippen molar-refractivity contribution in [2.45, 2.75) is 19.5 Å². The number of benzene rings is 1. The normalized spacial score (nSPS) is 10.3. The van der Waals surface area contributed by atoms with E-state index in [9.17, 15) is 9.59 Å². The third-order valence-corrected chi connectivity index (χ3v) is 3.15. The van der Waals surface area contributed by atoms with Gasteiger partial charge in [0.1, 0.15) is 18.4 Å². The zero-order valence-corrected chi connectivity index (χ0v) is 12.8. The van der Waals surface area contributed by atoms with Gasteiger partial charge in [-0.05, 0) is 17.7 Å². The van der Waals surface area contributed by atoms with Gasteiger partial charge in [0.15, 0.2) is 6.61 Å². The molecule has 0 unspecified atom stereocenters. The van der Waals surface area contributed by atoms with Crippen LogP contribution in [0.4, 0.5) is 0 Å². The summed E-state index contributed by atoms with van der Waals surface area (Å²) >= 11 is 0. The molecule has 1 amide bonds. The minimum absolute atomic E-state index is 0.00621. The first kappa shape index (κ1) is 16.5. The standard InChI is InChI=1S/C15H18N4O4/c1-18(14(20)6-7-19-11-16-10-17-19)8-12-2-4-13(5-3-12)23-9-15(21)22/h2-5,10-11H,6-9H2,1H3,(H,21,22). The number of hydrogen-bond donors (Lipinski definition) is 1. The number of rotatable bonds is 8. The highest BCUT2D eigenvalue weighted by atomic mass is 16.5. The largest absolute Gasteiger partial charge is 0.482 e. The summed E-state index contributed by atoms with van der Waals surface area (Å²) in [6.45, 7) is 0.584. The Morgan fingerprint density at radius 3 is 2.65 bits per heavy atom. The molecule has 0 aliphatic heterocycles. The molecule has 122 valence electrons. The van der Waals surface area contributed by atoms with Crippen LogP contribution >= 0.6 is 0 Å². The molecule has 8 heteroatoms. The Hall–Kier alpha value is -2.90. The summed E-state index contributed by atoms with van der Waals surface area (Å²) in [5.74, 6) is -0.533. The Bertz CT molecular complexity index is 640. The lowest BCUT2D eigenvalue weighted by Gasteiger charge is -2.17. The summed E-state index contributed by atoms with van der Waals surface area (Å²) in [6, 6.07) is 6.98. The van der Waals surface area contributed by atoms with Crippen molar-refractivity contribution in [2.75, 3.05) is 13.7 Å². The molecule has 0 saturated carbocycles. The van der Waals surface area contributed by atoms with Gasteiger partial charge in [-0.2, -0.15) is 5.10 Å². The highest BCUT2D eigenvalue weighted by molar-refractivity contribution is 5.75. The van der Waals surface area contributed by atoms with E-state index in [1.807, 2.05) is 0 Å². The summed E-state index contributed by atoms with van der Waals surface area (Å²) in [5.41, 5.74) is 0.935. The summed E-state index contributed by atoms with van der Waals surface area (Å²) in [7, 11) is 1.73. The smallest absolute Gasteiger partial charge is 0.341 e. The molecule has 0 spiro atoms. The lowest BCUT2D eigenvalue weighted by atomic mass is 10.2. The third-order valence-electron chi connectivity index (χ3n) is 3.15. The number of carbonyl (C=O) groups is 2. The highest BCUT2D eigenvalue weighted by Gasteiger charge is 2.10. The number of ether oxygens (including phenoxy) is 1.